The highest BCUT2D eigenvalue weighted by molar-refractivity contribution is 5.86. The van der Waals surface area contributed by atoms with E-state index < -0.39 is 0 Å². The number of H-pyrrole nitrogens is 1. The second-order valence-corrected chi connectivity index (χ2v) is 5.52. The molecule has 1 heterocycles. The molecule has 0 saturated carbocycles. The van der Waals surface area contributed by atoms with Crippen molar-refractivity contribution in [1.29, 1.82) is 0 Å². The van der Waals surface area contributed by atoms with Crippen molar-refractivity contribution in [3.63, 3.8) is 0 Å². The van der Waals surface area contributed by atoms with Crippen molar-refractivity contribution < 1.29 is 4.74 Å². The van der Waals surface area contributed by atoms with Gasteiger partial charge in [-0.2, -0.15) is 0 Å². The number of hydrogen-bond acceptors (Lipinski definition) is 2. The van der Waals surface area contributed by atoms with Crippen LogP contribution < -0.4 is 10.1 Å². The van der Waals surface area contributed by atoms with Crippen molar-refractivity contribution in [2.24, 2.45) is 0 Å². The molecule has 0 spiro atoms. The number of rotatable bonds is 6. The molecular weight excluding hydrogens is 308 g/mol. The van der Waals surface area contributed by atoms with Crippen LogP contribution in [0.4, 0.5) is 0 Å². The van der Waals surface area contributed by atoms with Gasteiger partial charge in [-0.25, -0.2) is 0 Å². The Morgan fingerprint density at radius 1 is 1.09 bits per heavy atom. The second-order valence-electron chi connectivity index (χ2n) is 5.52. The van der Waals surface area contributed by atoms with E-state index in [1.54, 1.807) is 7.11 Å². The number of methoxy groups -OCH3 is 1. The molecule has 0 amide bonds. The summed E-state index contributed by atoms with van der Waals surface area (Å²) in [5.41, 5.74) is 3.75. The zero-order chi connectivity index (χ0) is 15.4. The quantitative estimate of drug-likeness (QED) is 0.705. The predicted molar refractivity (Wildman–Crippen MR) is 98.9 cm³/mol. The Morgan fingerprint density at radius 2 is 1.87 bits per heavy atom. The van der Waals surface area contributed by atoms with E-state index in [0.29, 0.717) is 5.92 Å². The molecule has 3 rings (SSSR count). The van der Waals surface area contributed by atoms with Crippen LogP contribution >= 0.6 is 12.4 Å². The monoisotopic (exact) mass is 330 g/mol. The fourth-order valence-corrected chi connectivity index (χ4v) is 3.02. The van der Waals surface area contributed by atoms with Crippen molar-refractivity contribution in [3.8, 4) is 5.75 Å². The van der Waals surface area contributed by atoms with Gasteiger partial charge in [0.15, 0.2) is 0 Å². The molecule has 0 bridgehead atoms. The van der Waals surface area contributed by atoms with Crippen LogP contribution in [0.2, 0.25) is 0 Å². The topological polar surface area (TPSA) is 37.0 Å². The Balaban J connectivity index is 0.00000192. The highest BCUT2D eigenvalue weighted by Crippen LogP contribution is 2.34. The molecule has 122 valence electrons. The molecule has 3 aromatic rings. The number of nitrogens with one attached hydrogen (secondary N) is 2. The minimum absolute atomic E-state index is 0. The highest BCUT2D eigenvalue weighted by atomic mass is 35.5. The Morgan fingerprint density at radius 3 is 2.57 bits per heavy atom. The molecule has 0 aliphatic carbocycles. The van der Waals surface area contributed by atoms with Gasteiger partial charge in [0.2, 0.25) is 0 Å². The second kappa shape index (κ2) is 8.04. The summed E-state index contributed by atoms with van der Waals surface area (Å²) in [6.45, 7) is 0.977. The van der Waals surface area contributed by atoms with Crippen LogP contribution in [0.15, 0.2) is 54.7 Å². The Bertz CT molecular complexity index is 739. The van der Waals surface area contributed by atoms with Gasteiger partial charge in [0.1, 0.15) is 5.75 Å². The average Bonchev–Trinajstić information content (AvgIpc) is 3.04. The molecule has 23 heavy (non-hydrogen) atoms. The molecule has 0 fully saturated rings. The first-order valence-electron chi connectivity index (χ1n) is 7.68. The first-order chi connectivity index (χ1) is 10.8. The summed E-state index contributed by atoms with van der Waals surface area (Å²) in [7, 11) is 3.73. The van der Waals surface area contributed by atoms with E-state index in [-0.39, 0.29) is 12.4 Å². The fraction of sp³-hybridized carbons (Fsp3) is 0.263. The maximum absolute atomic E-state index is 5.58. The summed E-state index contributed by atoms with van der Waals surface area (Å²) >= 11 is 0. The number of halogens is 1. The van der Waals surface area contributed by atoms with Crippen LogP contribution in [0, 0.1) is 0 Å². The van der Waals surface area contributed by atoms with Crippen molar-refractivity contribution in [3.05, 3.63) is 65.9 Å². The van der Waals surface area contributed by atoms with Gasteiger partial charge in [0.05, 0.1) is 7.11 Å². The lowest BCUT2D eigenvalue weighted by Crippen LogP contribution is -2.13. The maximum Gasteiger partial charge on any atom is 0.128 e. The van der Waals surface area contributed by atoms with Crippen LogP contribution in [0.1, 0.15) is 23.5 Å². The number of aromatic amines is 1. The summed E-state index contributed by atoms with van der Waals surface area (Å²) in [6.07, 6.45) is 3.01. The van der Waals surface area contributed by atoms with Gasteiger partial charge in [-0.3, -0.25) is 0 Å². The summed E-state index contributed by atoms with van der Waals surface area (Å²) in [6, 6.07) is 17.1. The van der Waals surface area contributed by atoms with E-state index in [1.165, 1.54) is 11.1 Å². The highest BCUT2D eigenvalue weighted by Gasteiger charge is 2.16. The molecule has 0 saturated heterocycles. The zero-order valence-corrected chi connectivity index (χ0v) is 14.3. The number of hydrogen-bond donors (Lipinski definition) is 2. The third-order valence-corrected chi connectivity index (χ3v) is 4.16. The van der Waals surface area contributed by atoms with E-state index in [4.69, 9.17) is 4.74 Å². The first-order valence-corrected chi connectivity index (χ1v) is 7.68. The number of fused-ring (bicyclic) bond motifs is 1. The maximum atomic E-state index is 5.58. The Hall–Kier alpha value is -1.97. The standard InChI is InChI=1S/C19H22N2O.ClH/c1-20-10-8-16(14-6-4-3-5-7-14)15-12-18-17(9-11-21-18)19(13-15)22-2;/h3-7,9,11-13,16,20-21H,8,10H2,1-2H3;1H. The number of aromatic nitrogens is 1. The molecule has 1 atom stereocenters. The van der Waals surface area contributed by atoms with Crippen LogP contribution in [0.3, 0.4) is 0 Å². The van der Waals surface area contributed by atoms with Crippen LogP contribution in [0.5, 0.6) is 5.75 Å². The molecule has 0 radical (unpaired) electrons. The minimum atomic E-state index is 0. The normalized spacial score (nSPS) is 11.9. The molecule has 0 aliphatic heterocycles. The lowest BCUT2D eigenvalue weighted by Gasteiger charge is -2.19. The lowest BCUT2D eigenvalue weighted by atomic mass is 9.88. The van der Waals surface area contributed by atoms with Crippen molar-refractivity contribution in [1.82, 2.24) is 10.3 Å². The molecule has 2 N–H and O–H groups in total. The van der Waals surface area contributed by atoms with Gasteiger partial charge in [-0.05, 0) is 49.3 Å². The summed E-state index contributed by atoms with van der Waals surface area (Å²) in [4.78, 5) is 3.30. The smallest absolute Gasteiger partial charge is 0.128 e. The van der Waals surface area contributed by atoms with Gasteiger partial charge in [-0.1, -0.05) is 30.3 Å². The van der Waals surface area contributed by atoms with Crippen molar-refractivity contribution >= 4 is 23.3 Å². The summed E-state index contributed by atoms with van der Waals surface area (Å²) in [5.74, 6) is 1.29. The average molecular weight is 331 g/mol. The van der Waals surface area contributed by atoms with Crippen molar-refractivity contribution in [2.45, 2.75) is 12.3 Å². The van der Waals surface area contributed by atoms with Crippen molar-refractivity contribution in [2.75, 3.05) is 20.7 Å². The first kappa shape index (κ1) is 17.4. The van der Waals surface area contributed by atoms with E-state index in [0.717, 1.165) is 29.6 Å². The predicted octanol–water partition coefficient (Wildman–Crippen LogP) is 4.34. The van der Waals surface area contributed by atoms with Crippen LogP contribution in [0.25, 0.3) is 10.9 Å². The minimum Gasteiger partial charge on any atom is -0.496 e. The summed E-state index contributed by atoms with van der Waals surface area (Å²) in [5, 5.41) is 4.39. The lowest BCUT2D eigenvalue weighted by molar-refractivity contribution is 0.419. The Labute approximate surface area is 143 Å². The zero-order valence-electron chi connectivity index (χ0n) is 13.5. The van der Waals surface area contributed by atoms with Gasteiger partial charge >= 0.3 is 0 Å². The van der Waals surface area contributed by atoms with Gasteiger partial charge in [0.25, 0.3) is 0 Å². The number of benzene rings is 2. The molecule has 0 aliphatic rings. The molecule has 4 heteroatoms. The summed E-state index contributed by atoms with van der Waals surface area (Å²) < 4.78 is 5.58. The van der Waals surface area contributed by atoms with E-state index >= 15 is 0 Å². The van der Waals surface area contributed by atoms with E-state index in [2.05, 4.69) is 58.8 Å². The number of ether oxygens (including phenoxy) is 1. The molecular formula is C19H23ClN2O. The third kappa shape index (κ3) is 3.69. The largest absolute Gasteiger partial charge is 0.496 e. The molecule has 3 nitrogen and oxygen atoms in total. The SMILES string of the molecule is CNCCC(c1ccccc1)c1cc(OC)c2cc[nH]c2c1.Cl. The molecule has 1 unspecified atom stereocenters. The van der Waals surface area contributed by atoms with Crippen LogP contribution in [-0.4, -0.2) is 25.7 Å². The van der Waals surface area contributed by atoms with Gasteiger partial charge < -0.3 is 15.0 Å². The molecule has 1 aromatic heterocycles. The Kier molecular flexibility index (Phi) is 6.08. The van der Waals surface area contributed by atoms with Gasteiger partial charge in [-0.15, -0.1) is 12.4 Å². The van der Waals surface area contributed by atoms with E-state index in [9.17, 15) is 0 Å². The van der Waals surface area contributed by atoms with E-state index in [1.807, 2.05) is 13.2 Å². The molecule has 2 aromatic carbocycles. The van der Waals surface area contributed by atoms with Crippen LogP contribution in [-0.2, 0) is 0 Å². The third-order valence-electron chi connectivity index (χ3n) is 4.16. The van der Waals surface area contributed by atoms with Gasteiger partial charge in [0, 0.05) is 23.0 Å². The fourth-order valence-electron chi connectivity index (χ4n) is 3.02.